The van der Waals surface area contributed by atoms with E-state index in [9.17, 15) is 9.59 Å². The molecule has 0 radical (unpaired) electrons. The van der Waals surface area contributed by atoms with Crippen LogP contribution in [0.3, 0.4) is 0 Å². The molecule has 1 aromatic carbocycles. The Morgan fingerprint density at radius 3 is 2.35 bits per heavy atom. The highest BCUT2D eigenvalue weighted by Gasteiger charge is 2.36. The van der Waals surface area contributed by atoms with Crippen LogP contribution < -0.4 is 5.32 Å². The maximum Gasteiger partial charge on any atom is 0.408 e. The van der Waals surface area contributed by atoms with Crippen LogP contribution in [0.15, 0.2) is 30.3 Å². The second kappa shape index (κ2) is 7.49. The molecule has 1 fully saturated rings. The molecule has 2 amide bonds. The smallest absolute Gasteiger partial charge is 0.408 e. The van der Waals surface area contributed by atoms with Gasteiger partial charge in [-0.3, -0.25) is 4.79 Å². The van der Waals surface area contributed by atoms with Crippen molar-refractivity contribution in [1.29, 1.82) is 0 Å². The number of benzene rings is 1. The van der Waals surface area contributed by atoms with Crippen LogP contribution in [0.1, 0.15) is 39.2 Å². The summed E-state index contributed by atoms with van der Waals surface area (Å²) in [5.41, 5.74) is 0.548. The predicted molar refractivity (Wildman–Crippen MR) is 88.8 cm³/mol. The van der Waals surface area contributed by atoms with E-state index in [-0.39, 0.29) is 17.9 Å². The van der Waals surface area contributed by atoms with Crippen molar-refractivity contribution in [2.45, 2.75) is 46.3 Å². The van der Waals surface area contributed by atoms with Gasteiger partial charge in [0.05, 0.1) is 0 Å². The molecule has 5 heteroatoms. The second-order valence-electron chi connectivity index (χ2n) is 7.04. The van der Waals surface area contributed by atoms with Crippen LogP contribution in [0.4, 0.5) is 4.79 Å². The molecule has 0 aliphatic carbocycles. The first-order valence-electron chi connectivity index (χ1n) is 8.14. The van der Waals surface area contributed by atoms with Crippen molar-refractivity contribution in [1.82, 2.24) is 10.2 Å². The fourth-order valence-electron chi connectivity index (χ4n) is 2.65. The average Bonchev–Trinajstić information content (AvgIpc) is 3.04. The maximum absolute atomic E-state index is 12.7. The van der Waals surface area contributed by atoms with Crippen molar-refractivity contribution in [3.8, 4) is 0 Å². The summed E-state index contributed by atoms with van der Waals surface area (Å²) in [6.45, 7) is 7.58. The number of amides is 2. The molecule has 1 saturated heterocycles. The molecular weight excluding hydrogens is 292 g/mol. The SMILES string of the molecule is CC(C)(C)[C@@H](NC(=O)OCc1ccccc1)C(=O)N1CCCC1. The number of ether oxygens (including phenoxy) is 1. The van der Waals surface area contributed by atoms with Crippen molar-refractivity contribution in [3.63, 3.8) is 0 Å². The summed E-state index contributed by atoms with van der Waals surface area (Å²) in [6, 6.07) is 8.91. The lowest BCUT2D eigenvalue weighted by molar-refractivity contribution is -0.134. The molecule has 1 N–H and O–H groups in total. The Bertz CT molecular complexity index is 531. The molecule has 1 aliphatic heterocycles. The highest BCUT2D eigenvalue weighted by atomic mass is 16.5. The van der Waals surface area contributed by atoms with Crippen molar-refractivity contribution >= 4 is 12.0 Å². The third kappa shape index (κ3) is 4.98. The molecule has 5 nitrogen and oxygen atoms in total. The van der Waals surface area contributed by atoms with Crippen molar-refractivity contribution in [2.24, 2.45) is 5.41 Å². The van der Waals surface area contributed by atoms with Gasteiger partial charge in [0.25, 0.3) is 0 Å². The Balaban J connectivity index is 1.94. The van der Waals surface area contributed by atoms with Crippen molar-refractivity contribution < 1.29 is 14.3 Å². The number of carbonyl (C=O) groups excluding carboxylic acids is 2. The third-order valence-electron chi connectivity index (χ3n) is 4.01. The number of alkyl carbamates (subject to hydrolysis) is 1. The van der Waals surface area contributed by atoms with Crippen LogP contribution in [0.5, 0.6) is 0 Å². The standard InChI is InChI=1S/C18H26N2O3/c1-18(2,3)15(16(21)20-11-7-8-12-20)19-17(22)23-13-14-9-5-4-6-10-14/h4-6,9-10,15H,7-8,11-13H2,1-3H3,(H,19,22)/t15-/m0/s1. The molecular formula is C18H26N2O3. The molecule has 0 aromatic heterocycles. The highest BCUT2D eigenvalue weighted by molar-refractivity contribution is 5.86. The van der Waals surface area contributed by atoms with Gasteiger partial charge < -0.3 is 15.0 Å². The van der Waals surface area contributed by atoms with Gasteiger partial charge in [-0.25, -0.2) is 4.79 Å². The average molecular weight is 318 g/mol. The lowest BCUT2D eigenvalue weighted by atomic mass is 9.86. The van der Waals surface area contributed by atoms with Crippen LogP contribution >= 0.6 is 0 Å². The molecule has 0 bridgehead atoms. The van der Waals surface area contributed by atoms with E-state index >= 15 is 0 Å². The Morgan fingerprint density at radius 1 is 1.17 bits per heavy atom. The van der Waals surface area contributed by atoms with E-state index in [1.807, 2.05) is 56.0 Å². The van der Waals surface area contributed by atoms with Gasteiger partial charge in [-0.15, -0.1) is 0 Å². The second-order valence-corrected chi connectivity index (χ2v) is 7.04. The first-order valence-corrected chi connectivity index (χ1v) is 8.14. The van der Waals surface area contributed by atoms with Gasteiger partial charge in [0.2, 0.25) is 5.91 Å². The van der Waals surface area contributed by atoms with Gasteiger partial charge >= 0.3 is 6.09 Å². The highest BCUT2D eigenvalue weighted by Crippen LogP contribution is 2.23. The van der Waals surface area contributed by atoms with Crippen molar-refractivity contribution in [3.05, 3.63) is 35.9 Å². The molecule has 2 rings (SSSR count). The minimum absolute atomic E-state index is 0.0216. The zero-order chi connectivity index (χ0) is 16.9. The summed E-state index contributed by atoms with van der Waals surface area (Å²) < 4.78 is 5.25. The van der Waals surface area contributed by atoms with Crippen LogP contribution in [0.2, 0.25) is 0 Å². The summed E-state index contributed by atoms with van der Waals surface area (Å²) in [6.07, 6.45) is 1.50. The fraction of sp³-hybridized carbons (Fsp3) is 0.556. The molecule has 1 atom stereocenters. The Kier molecular flexibility index (Phi) is 5.64. The van der Waals surface area contributed by atoms with E-state index in [1.54, 1.807) is 0 Å². The topological polar surface area (TPSA) is 58.6 Å². The number of nitrogens with zero attached hydrogens (tertiary/aromatic N) is 1. The number of likely N-dealkylation sites (tertiary alicyclic amines) is 1. The van der Waals surface area contributed by atoms with Gasteiger partial charge in [-0.05, 0) is 23.8 Å². The van der Waals surface area contributed by atoms with Crippen LogP contribution in [0, 0.1) is 5.41 Å². The van der Waals surface area contributed by atoms with Crippen molar-refractivity contribution in [2.75, 3.05) is 13.1 Å². The van der Waals surface area contributed by atoms with Gasteiger partial charge in [-0.2, -0.15) is 0 Å². The zero-order valence-corrected chi connectivity index (χ0v) is 14.2. The zero-order valence-electron chi connectivity index (χ0n) is 14.2. The summed E-state index contributed by atoms with van der Waals surface area (Å²) in [5, 5.41) is 2.75. The van der Waals surface area contributed by atoms with Gasteiger partial charge in [0, 0.05) is 13.1 Å². The molecule has 1 heterocycles. The molecule has 0 unspecified atom stereocenters. The Morgan fingerprint density at radius 2 is 1.78 bits per heavy atom. The molecule has 1 aromatic rings. The van der Waals surface area contributed by atoms with E-state index < -0.39 is 12.1 Å². The van der Waals surface area contributed by atoms with Crippen LogP contribution in [-0.4, -0.2) is 36.0 Å². The Hall–Kier alpha value is -2.04. The van der Waals surface area contributed by atoms with E-state index in [0.29, 0.717) is 0 Å². The quantitative estimate of drug-likeness (QED) is 0.928. The molecule has 0 spiro atoms. The largest absolute Gasteiger partial charge is 0.445 e. The first kappa shape index (κ1) is 17.3. The molecule has 126 valence electrons. The Labute approximate surface area is 138 Å². The molecule has 23 heavy (non-hydrogen) atoms. The fourth-order valence-corrected chi connectivity index (χ4v) is 2.65. The number of hydrogen-bond donors (Lipinski definition) is 1. The minimum Gasteiger partial charge on any atom is -0.445 e. The number of rotatable bonds is 4. The lowest BCUT2D eigenvalue weighted by Crippen LogP contribution is -2.54. The number of carbonyl (C=O) groups is 2. The van der Waals surface area contributed by atoms with Crippen LogP contribution in [-0.2, 0) is 16.1 Å². The summed E-state index contributed by atoms with van der Waals surface area (Å²) in [4.78, 5) is 26.6. The normalized spacial score (nSPS) is 16.0. The van der Waals surface area contributed by atoms with E-state index in [4.69, 9.17) is 4.74 Å². The molecule has 1 aliphatic rings. The predicted octanol–water partition coefficient (Wildman–Crippen LogP) is 2.95. The van der Waals surface area contributed by atoms with Gasteiger partial charge in [0.15, 0.2) is 0 Å². The summed E-state index contributed by atoms with van der Waals surface area (Å²) in [5.74, 6) is -0.0216. The molecule has 0 saturated carbocycles. The number of nitrogens with one attached hydrogen (secondary N) is 1. The minimum atomic E-state index is -0.580. The van der Waals surface area contributed by atoms with E-state index in [0.717, 1.165) is 31.5 Å². The van der Waals surface area contributed by atoms with Gasteiger partial charge in [0.1, 0.15) is 12.6 Å². The lowest BCUT2D eigenvalue weighted by Gasteiger charge is -2.33. The summed E-state index contributed by atoms with van der Waals surface area (Å²) >= 11 is 0. The third-order valence-corrected chi connectivity index (χ3v) is 4.01. The first-order chi connectivity index (χ1) is 10.9. The van der Waals surface area contributed by atoms with Crippen LogP contribution in [0.25, 0.3) is 0 Å². The monoisotopic (exact) mass is 318 g/mol. The summed E-state index contributed by atoms with van der Waals surface area (Å²) in [7, 11) is 0. The number of hydrogen-bond acceptors (Lipinski definition) is 3. The van der Waals surface area contributed by atoms with E-state index in [2.05, 4.69) is 5.32 Å². The van der Waals surface area contributed by atoms with E-state index in [1.165, 1.54) is 0 Å². The maximum atomic E-state index is 12.7. The van der Waals surface area contributed by atoms with Gasteiger partial charge in [-0.1, -0.05) is 51.1 Å².